The molecule has 0 aromatic heterocycles. The van der Waals surface area contributed by atoms with Gasteiger partial charge >= 0.3 is 0 Å². The quantitative estimate of drug-likeness (QED) is 0.929. The predicted molar refractivity (Wildman–Crippen MR) is 77.9 cm³/mol. The molecule has 0 spiro atoms. The number of benzene rings is 1. The van der Waals surface area contributed by atoms with E-state index in [1.54, 1.807) is 17.0 Å². The first kappa shape index (κ1) is 15.5. The van der Waals surface area contributed by atoms with Gasteiger partial charge in [0.2, 0.25) is 11.8 Å². The third kappa shape index (κ3) is 3.60. The fourth-order valence-electron chi connectivity index (χ4n) is 2.88. The van der Waals surface area contributed by atoms with Gasteiger partial charge in [0.05, 0.1) is 12.0 Å². The molecule has 1 aliphatic heterocycles. The topological polar surface area (TPSA) is 49.4 Å². The van der Waals surface area contributed by atoms with Crippen LogP contribution >= 0.6 is 0 Å². The number of nitrogens with one attached hydrogen (secondary N) is 1. The second kappa shape index (κ2) is 6.70. The van der Waals surface area contributed by atoms with Crippen LogP contribution in [0.25, 0.3) is 0 Å². The van der Waals surface area contributed by atoms with Gasteiger partial charge in [0.15, 0.2) is 0 Å². The Hall–Kier alpha value is -1.91. The van der Waals surface area contributed by atoms with E-state index >= 15 is 0 Å². The fraction of sp³-hybridized carbons (Fsp3) is 0.500. The number of likely N-dealkylation sites (tertiary alicyclic amines) is 1. The molecule has 2 unspecified atom stereocenters. The first-order valence-corrected chi connectivity index (χ1v) is 7.33. The molecule has 1 aromatic carbocycles. The van der Waals surface area contributed by atoms with Gasteiger partial charge in [0.1, 0.15) is 5.82 Å². The molecule has 0 aliphatic carbocycles. The van der Waals surface area contributed by atoms with Crippen LogP contribution in [0.5, 0.6) is 0 Å². The Kier molecular flexibility index (Phi) is 4.94. The highest BCUT2D eigenvalue weighted by Gasteiger charge is 2.33. The lowest BCUT2D eigenvalue weighted by Gasteiger charge is -2.39. The number of halogens is 1. The van der Waals surface area contributed by atoms with E-state index in [-0.39, 0.29) is 29.6 Å². The van der Waals surface area contributed by atoms with Crippen LogP contribution < -0.4 is 5.32 Å². The summed E-state index contributed by atoms with van der Waals surface area (Å²) in [7, 11) is 0. The van der Waals surface area contributed by atoms with Crippen molar-refractivity contribution < 1.29 is 14.0 Å². The van der Waals surface area contributed by atoms with Crippen molar-refractivity contribution in [1.29, 1.82) is 0 Å². The molecule has 2 atom stereocenters. The highest BCUT2D eigenvalue weighted by Crippen LogP contribution is 2.33. The highest BCUT2D eigenvalue weighted by atomic mass is 19.1. The number of nitrogens with zero attached hydrogens (tertiary/aromatic N) is 1. The summed E-state index contributed by atoms with van der Waals surface area (Å²) >= 11 is 0. The van der Waals surface area contributed by atoms with Crippen LogP contribution in [0.4, 0.5) is 4.39 Å². The number of hydrogen-bond donors (Lipinski definition) is 1. The summed E-state index contributed by atoms with van der Waals surface area (Å²) in [5, 5.41) is 2.81. The zero-order chi connectivity index (χ0) is 15.4. The second-order valence-corrected chi connectivity index (χ2v) is 5.41. The van der Waals surface area contributed by atoms with Crippen LogP contribution in [-0.4, -0.2) is 29.8 Å². The summed E-state index contributed by atoms with van der Waals surface area (Å²) in [4.78, 5) is 25.6. The van der Waals surface area contributed by atoms with E-state index in [1.165, 1.54) is 19.1 Å². The molecule has 5 heteroatoms. The summed E-state index contributed by atoms with van der Waals surface area (Å²) in [5.74, 6) is -0.505. The van der Waals surface area contributed by atoms with Gasteiger partial charge < -0.3 is 10.2 Å². The molecular formula is C16H21FN2O2. The standard InChI is InChI=1S/C16H21FN2O2/c1-3-18-16(21)13-6-9-15(19(10-13)11(2)20)12-4-7-14(17)8-5-12/h4-5,7-8,13,15H,3,6,9-10H2,1-2H3,(H,18,21). The highest BCUT2D eigenvalue weighted by molar-refractivity contribution is 5.80. The van der Waals surface area contributed by atoms with Crippen molar-refractivity contribution in [2.24, 2.45) is 5.92 Å². The Bertz CT molecular complexity index is 516. The summed E-state index contributed by atoms with van der Waals surface area (Å²) < 4.78 is 13.0. The summed E-state index contributed by atoms with van der Waals surface area (Å²) in [6.45, 7) is 4.40. The van der Waals surface area contributed by atoms with Crippen molar-refractivity contribution in [2.75, 3.05) is 13.1 Å². The number of hydrogen-bond acceptors (Lipinski definition) is 2. The normalized spacial score (nSPS) is 22.0. The van der Waals surface area contributed by atoms with Crippen LogP contribution in [0.15, 0.2) is 24.3 Å². The Balaban J connectivity index is 2.15. The first-order valence-electron chi connectivity index (χ1n) is 7.33. The number of carbonyl (C=O) groups is 2. The van der Waals surface area contributed by atoms with Gasteiger partial charge in [-0.3, -0.25) is 9.59 Å². The average Bonchev–Trinajstić information content (AvgIpc) is 2.47. The molecule has 1 aliphatic rings. The van der Waals surface area contributed by atoms with Crippen molar-refractivity contribution in [3.63, 3.8) is 0 Å². The minimum atomic E-state index is -0.288. The van der Waals surface area contributed by atoms with Crippen molar-refractivity contribution in [3.05, 3.63) is 35.6 Å². The maximum Gasteiger partial charge on any atom is 0.224 e. The lowest BCUT2D eigenvalue weighted by molar-refractivity contribution is -0.137. The number of rotatable bonds is 3. The second-order valence-electron chi connectivity index (χ2n) is 5.41. The molecule has 4 nitrogen and oxygen atoms in total. The molecule has 0 bridgehead atoms. The molecule has 114 valence electrons. The molecule has 0 saturated carbocycles. The molecule has 0 radical (unpaired) electrons. The molecule has 21 heavy (non-hydrogen) atoms. The monoisotopic (exact) mass is 292 g/mol. The average molecular weight is 292 g/mol. The maximum atomic E-state index is 13.0. The fourth-order valence-corrected chi connectivity index (χ4v) is 2.88. The Morgan fingerprint density at radius 3 is 2.52 bits per heavy atom. The minimum Gasteiger partial charge on any atom is -0.356 e. The largest absolute Gasteiger partial charge is 0.356 e. The van der Waals surface area contributed by atoms with Gasteiger partial charge in [-0.2, -0.15) is 0 Å². The van der Waals surface area contributed by atoms with Gasteiger partial charge in [-0.15, -0.1) is 0 Å². The Morgan fingerprint density at radius 1 is 1.29 bits per heavy atom. The molecule has 1 aromatic rings. The van der Waals surface area contributed by atoms with E-state index in [0.29, 0.717) is 19.5 Å². The molecule has 1 fully saturated rings. The van der Waals surface area contributed by atoms with Gasteiger partial charge in [0, 0.05) is 20.0 Å². The third-order valence-electron chi connectivity index (χ3n) is 3.96. The van der Waals surface area contributed by atoms with E-state index in [0.717, 1.165) is 12.0 Å². The van der Waals surface area contributed by atoms with E-state index in [9.17, 15) is 14.0 Å². The minimum absolute atomic E-state index is 0.00121. The zero-order valence-electron chi connectivity index (χ0n) is 12.4. The van der Waals surface area contributed by atoms with Crippen molar-refractivity contribution in [1.82, 2.24) is 10.2 Å². The molecule has 2 amide bonds. The summed E-state index contributed by atoms with van der Waals surface area (Å²) in [6, 6.07) is 6.16. The molecular weight excluding hydrogens is 271 g/mol. The number of amides is 2. The zero-order valence-corrected chi connectivity index (χ0v) is 12.4. The van der Waals surface area contributed by atoms with Gasteiger partial charge in [-0.05, 0) is 37.5 Å². The lowest BCUT2D eigenvalue weighted by Crippen LogP contribution is -2.46. The molecule has 1 saturated heterocycles. The van der Waals surface area contributed by atoms with Gasteiger partial charge in [0.25, 0.3) is 0 Å². The maximum absolute atomic E-state index is 13.0. The number of piperidine rings is 1. The molecule has 1 heterocycles. The van der Waals surface area contributed by atoms with Crippen LogP contribution in [0.2, 0.25) is 0 Å². The summed E-state index contributed by atoms with van der Waals surface area (Å²) in [5.41, 5.74) is 0.918. The van der Waals surface area contributed by atoms with Crippen LogP contribution in [0.1, 0.15) is 38.3 Å². The van der Waals surface area contributed by atoms with Crippen LogP contribution in [0.3, 0.4) is 0 Å². The van der Waals surface area contributed by atoms with Gasteiger partial charge in [-0.1, -0.05) is 12.1 Å². The predicted octanol–water partition coefficient (Wildman–Crippen LogP) is 2.26. The van der Waals surface area contributed by atoms with E-state index < -0.39 is 0 Å². The summed E-state index contributed by atoms with van der Waals surface area (Å²) in [6.07, 6.45) is 1.45. The van der Waals surface area contributed by atoms with Crippen LogP contribution in [0, 0.1) is 11.7 Å². The van der Waals surface area contributed by atoms with E-state index in [4.69, 9.17) is 0 Å². The van der Waals surface area contributed by atoms with E-state index in [1.807, 2.05) is 6.92 Å². The van der Waals surface area contributed by atoms with Gasteiger partial charge in [-0.25, -0.2) is 4.39 Å². The van der Waals surface area contributed by atoms with E-state index in [2.05, 4.69) is 5.32 Å². The smallest absolute Gasteiger partial charge is 0.224 e. The number of carbonyl (C=O) groups excluding carboxylic acids is 2. The molecule has 1 N–H and O–H groups in total. The van der Waals surface area contributed by atoms with Crippen molar-refractivity contribution in [3.8, 4) is 0 Å². The van der Waals surface area contributed by atoms with Crippen molar-refractivity contribution in [2.45, 2.75) is 32.7 Å². The SMILES string of the molecule is CCNC(=O)C1CCC(c2ccc(F)cc2)N(C(C)=O)C1. The Morgan fingerprint density at radius 2 is 1.95 bits per heavy atom. The first-order chi connectivity index (χ1) is 10.0. The molecule has 2 rings (SSSR count). The third-order valence-corrected chi connectivity index (χ3v) is 3.96. The lowest BCUT2D eigenvalue weighted by atomic mass is 9.88. The van der Waals surface area contributed by atoms with Crippen LogP contribution in [-0.2, 0) is 9.59 Å². The van der Waals surface area contributed by atoms with Crippen molar-refractivity contribution >= 4 is 11.8 Å². The Labute approximate surface area is 124 Å².